The van der Waals surface area contributed by atoms with Crippen LogP contribution in [0.15, 0.2) is 53.5 Å². The van der Waals surface area contributed by atoms with Crippen molar-refractivity contribution in [3.63, 3.8) is 0 Å². The number of para-hydroxylation sites is 1. The number of hydrogen-bond donors (Lipinski definition) is 2. The molecule has 1 aliphatic rings. The molecule has 0 spiro atoms. The highest BCUT2D eigenvalue weighted by Gasteiger charge is 2.20. The first kappa shape index (κ1) is 23.1. The largest absolute Gasteiger partial charge is 0.496 e. The van der Waals surface area contributed by atoms with Gasteiger partial charge in [0, 0.05) is 44.8 Å². The van der Waals surface area contributed by atoms with Crippen molar-refractivity contribution in [1.82, 2.24) is 15.5 Å². The molecular weight excluding hydrogens is 388 g/mol. The third-order valence-corrected chi connectivity index (χ3v) is 5.63. The second-order valence-corrected chi connectivity index (χ2v) is 8.05. The lowest BCUT2D eigenvalue weighted by Gasteiger charge is -2.33. The number of guanidine groups is 1. The van der Waals surface area contributed by atoms with Crippen molar-refractivity contribution in [2.45, 2.75) is 39.0 Å². The fourth-order valence-corrected chi connectivity index (χ4v) is 3.94. The first-order chi connectivity index (χ1) is 15.2. The van der Waals surface area contributed by atoms with Gasteiger partial charge in [0.25, 0.3) is 0 Å². The standard InChI is InChI=1S/C25H36N4O2/c1-20-7-6-8-21(17-20)18-29-14-11-23(12-15-29)28-25(26-2)27-13-16-31-19-22-9-4-5-10-24(22)30-3/h4-10,17,23H,11-16,18-19H2,1-3H3,(H2,26,27,28). The summed E-state index contributed by atoms with van der Waals surface area (Å²) in [4.78, 5) is 6.90. The van der Waals surface area contributed by atoms with Crippen molar-refractivity contribution in [1.29, 1.82) is 0 Å². The minimum atomic E-state index is 0.453. The van der Waals surface area contributed by atoms with Crippen LogP contribution < -0.4 is 15.4 Å². The third kappa shape index (κ3) is 7.56. The van der Waals surface area contributed by atoms with E-state index in [-0.39, 0.29) is 0 Å². The summed E-state index contributed by atoms with van der Waals surface area (Å²) >= 11 is 0. The number of piperidine rings is 1. The van der Waals surface area contributed by atoms with E-state index in [4.69, 9.17) is 9.47 Å². The normalized spacial score (nSPS) is 15.6. The summed E-state index contributed by atoms with van der Waals surface area (Å²) in [6.07, 6.45) is 2.24. The first-order valence-corrected chi connectivity index (χ1v) is 11.1. The van der Waals surface area contributed by atoms with Crippen molar-refractivity contribution in [3.8, 4) is 5.75 Å². The average Bonchev–Trinajstić information content (AvgIpc) is 2.79. The van der Waals surface area contributed by atoms with Crippen LogP contribution in [-0.4, -0.2) is 57.3 Å². The Morgan fingerprint density at radius 1 is 1.13 bits per heavy atom. The molecule has 31 heavy (non-hydrogen) atoms. The Morgan fingerprint density at radius 3 is 2.68 bits per heavy atom. The van der Waals surface area contributed by atoms with Crippen molar-refractivity contribution in [2.75, 3.05) is 40.4 Å². The number of nitrogens with zero attached hydrogens (tertiary/aromatic N) is 2. The summed E-state index contributed by atoms with van der Waals surface area (Å²) < 4.78 is 11.2. The molecule has 3 rings (SSSR count). The van der Waals surface area contributed by atoms with E-state index in [1.807, 2.05) is 31.3 Å². The summed E-state index contributed by atoms with van der Waals surface area (Å²) in [5.41, 5.74) is 3.79. The number of nitrogens with one attached hydrogen (secondary N) is 2. The van der Waals surface area contributed by atoms with Gasteiger partial charge in [-0.1, -0.05) is 48.0 Å². The molecule has 1 saturated heterocycles. The number of aryl methyl sites for hydroxylation is 1. The van der Waals surface area contributed by atoms with Gasteiger partial charge in [0.15, 0.2) is 5.96 Å². The second kappa shape index (κ2) is 12.3. The van der Waals surface area contributed by atoms with Gasteiger partial charge < -0.3 is 20.1 Å². The van der Waals surface area contributed by atoms with E-state index in [1.54, 1.807) is 7.11 Å². The van der Waals surface area contributed by atoms with Crippen LogP contribution in [-0.2, 0) is 17.9 Å². The van der Waals surface area contributed by atoms with Crippen molar-refractivity contribution < 1.29 is 9.47 Å². The first-order valence-electron chi connectivity index (χ1n) is 11.1. The molecule has 1 aliphatic heterocycles. The van der Waals surface area contributed by atoms with Gasteiger partial charge in [0.1, 0.15) is 5.75 Å². The van der Waals surface area contributed by atoms with Gasteiger partial charge in [-0.05, 0) is 31.4 Å². The lowest BCUT2D eigenvalue weighted by atomic mass is 10.0. The lowest BCUT2D eigenvalue weighted by Crippen LogP contribution is -2.49. The smallest absolute Gasteiger partial charge is 0.191 e. The fourth-order valence-electron chi connectivity index (χ4n) is 3.94. The number of benzene rings is 2. The van der Waals surface area contributed by atoms with Crippen LogP contribution in [0.25, 0.3) is 0 Å². The number of rotatable bonds is 9. The zero-order valence-electron chi connectivity index (χ0n) is 19.1. The van der Waals surface area contributed by atoms with Crippen LogP contribution >= 0.6 is 0 Å². The van der Waals surface area contributed by atoms with E-state index in [0.717, 1.165) is 49.7 Å². The van der Waals surface area contributed by atoms with Gasteiger partial charge >= 0.3 is 0 Å². The summed E-state index contributed by atoms with van der Waals surface area (Å²) in [5.74, 6) is 1.71. The maximum Gasteiger partial charge on any atom is 0.191 e. The zero-order chi connectivity index (χ0) is 21.9. The Kier molecular flexibility index (Phi) is 9.18. The Labute approximate surface area is 186 Å². The number of ether oxygens (including phenoxy) is 2. The molecule has 0 amide bonds. The number of likely N-dealkylation sites (tertiary alicyclic amines) is 1. The fraction of sp³-hybridized carbons (Fsp3) is 0.480. The lowest BCUT2D eigenvalue weighted by molar-refractivity contribution is 0.123. The minimum absolute atomic E-state index is 0.453. The molecule has 2 N–H and O–H groups in total. The van der Waals surface area contributed by atoms with Crippen LogP contribution in [0.3, 0.4) is 0 Å². The second-order valence-electron chi connectivity index (χ2n) is 8.05. The molecule has 0 unspecified atom stereocenters. The molecule has 0 radical (unpaired) electrons. The molecule has 0 bridgehead atoms. The summed E-state index contributed by atoms with van der Waals surface area (Å²) in [6.45, 7) is 7.24. The minimum Gasteiger partial charge on any atom is -0.496 e. The molecule has 168 valence electrons. The highest BCUT2D eigenvalue weighted by atomic mass is 16.5. The van der Waals surface area contributed by atoms with Crippen molar-refractivity contribution in [2.24, 2.45) is 4.99 Å². The molecule has 6 heteroatoms. The maximum atomic E-state index is 5.79. The van der Waals surface area contributed by atoms with Gasteiger partial charge in [0.05, 0.1) is 20.3 Å². The monoisotopic (exact) mass is 424 g/mol. The van der Waals surface area contributed by atoms with Gasteiger partial charge in [-0.3, -0.25) is 9.89 Å². The summed E-state index contributed by atoms with van der Waals surface area (Å²) in [7, 11) is 3.50. The Balaban J connectivity index is 1.32. The number of aliphatic imine (C=N–C) groups is 1. The van der Waals surface area contributed by atoms with E-state index in [2.05, 4.69) is 51.7 Å². The quantitative estimate of drug-likeness (QED) is 0.367. The maximum absolute atomic E-state index is 5.79. The van der Waals surface area contributed by atoms with Crippen LogP contribution in [0.4, 0.5) is 0 Å². The predicted octanol–water partition coefficient (Wildman–Crippen LogP) is 3.35. The Hall–Kier alpha value is -2.57. The third-order valence-electron chi connectivity index (χ3n) is 5.63. The molecular formula is C25H36N4O2. The molecule has 1 fully saturated rings. The van der Waals surface area contributed by atoms with E-state index >= 15 is 0 Å². The highest BCUT2D eigenvalue weighted by molar-refractivity contribution is 5.79. The molecule has 1 heterocycles. The van der Waals surface area contributed by atoms with Gasteiger partial charge in [-0.25, -0.2) is 0 Å². The SMILES string of the molecule is CN=C(NCCOCc1ccccc1OC)NC1CCN(Cc2cccc(C)c2)CC1. The van der Waals surface area contributed by atoms with Gasteiger partial charge in [-0.15, -0.1) is 0 Å². The molecule has 2 aromatic rings. The average molecular weight is 425 g/mol. The Morgan fingerprint density at radius 2 is 1.94 bits per heavy atom. The van der Waals surface area contributed by atoms with Gasteiger partial charge in [0.2, 0.25) is 0 Å². The van der Waals surface area contributed by atoms with Gasteiger partial charge in [-0.2, -0.15) is 0 Å². The molecule has 0 aromatic heterocycles. The Bertz CT molecular complexity index is 832. The molecule has 2 aromatic carbocycles. The van der Waals surface area contributed by atoms with Crippen LogP contribution in [0.1, 0.15) is 29.5 Å². The predicted molar refractivity (Wildman–Crippen MR) is 127 cm³/mol. The molecule has 0 atom stereocenters. The van der Waals surface area contributed by atoms with Crippen molar-refractivity contribution >= 4 is 5.96 Å². The van der Waals surface area contributed by atoms with E-state index in [1.165, 1.54) is 11.1 Å². The van der Waals surface area contributed by atoms with Crippen molar-refractivity contribution in [3.05, 3.63) is 65.2 Å². The number of methoxy groups -OCH3 is 1. The summed E-state index contributed by atoms with van der Waals surface area (Å²) in [5, 5.41) is 6.92. The molecule has 0 aliphatic carbocycles. The van der Waals surface area contributed by atoms with E-state index < -0.39 is 0 Å². The molecule has 6 nitrogen and oxygen atoms in total. The highest BCUT2D eigenvalue weighted by Crippen LogP contribution is 2.18. The van der Waals surface area contributed by atoms with E-state index in [0.29, 0.717) is 25.8 Å². The van der Waals surface area contributed by atoms with Crippen LogP contribution in [0.5, 0.6) is 5.75 Å². The number of hydrogen-bond acceptors (Lipinski definition) is 4. The van der Waals surface area contributed by atoms with Crippen LogP contribution in [0, 0.1) is 6.92 Å². The zero-order valence-corrected chi connectivity index (χ0v) is 19.1. The molecule has 0 saturated carbocycles. The topological polar surface area (TPSA) is 58.1 Å². The van der Waals surface area contributed by atoms with Crippen LogP contribution in [0.2, 0.25) is 0 Å². The van der Waals surface area contributed by atoms with E-state index in [9.17, 15) is 0 Å². The summed E-state index contributed by atoms with van der Waals surface area (Å²) in [6, 6.07) is 17.2.